The van der Waals surface area contributed by atoms with Gasteiger partial charge >= 0.3 is 0 Å². The molecule has 3 atom stereocenters. The predicted octanol–water partition coefficient (Wildman–Crippen LogP) is 16.4. The Balaban J connectivity index is 4.14. The van der Waals surface area contributed by atoms with Crippen molar-refractivity contribution in [3.63, 3.8) is 0 Å². The van der Waals surface area contributed by atoms with Crippen molar-refractivity contribution in [1.82, 2.24) is 5.32 Å². The van der Waals surface area contributed by atoms with Crippen LogP contribution in [0, 0.1) is 0 Å². The first-order chi connectivity index (χ1) is 32.0. The third kappa shape index (κ3) is 50.6. The maximum atomic E-state index is 12.9. The Bertz CT molecular complexity index is 1170. The largest absolute Gasteiger partial charge is 0.756 e. The molecule has 9 heteroatoms. The minimum atomic E-state index is -4.60. The molecule has 0 bridgehead atoms. The van der Waals surface area contributed by atoms with E-state index in [9.17, 15) is 19.4 Å². The normalized spacial score (nSPS) is 14.2. The molecule has 0 aromatic carbocycles. The number of hydrogen-bond acceptors (Lipinski definition) is 6. The van der Waals surface area contributed by atoms with E-state index in [1.54, 1.807) is 6.08 Å². The van der Waals surface area contributed by atoms with Crippen LogP contribution in [-0.2, 0) is 18.4 Å². The molecule has 0 aliphatic carbocycles. The standard InChI is InChI=1S/C57H111N2O6P/c1-6-8-10-12-14-16-18-20-22-23-24-25-26-27-28-29-30-31-32-33-34-35-37-38-40-42-44-46-48-50-56(60)55(54-65-66(62,63)64-53-52-59(3,4)5)58-57(61)51-49-47-45-43-41-39-36-21-19-17-15-13-11-9-7-2/h15,17,21,36,48,50,55-56,60H,6-14,16,18-20,22-35,37-47,49,51-54H2,1-5H3,(H-,58,61,62,63)/b17-15-,36-21-,50-48+. The van der Waals surface area contributed by atoms with Crippen LogP contribution in [0.3, 0.4) is 0 Å². The molecular weight excluding hydrogens is 840 g/mol. The fourth-order valence-corrected chi connectivity index (χ4v) is 9.08. The summed E-state index contributed by atoms with van der Waals surface area (Å²) in [6, 6.07) is -0.894. The van der Waals surface area contributed by atoms with Crippen LogP contribution in [0.5, 0.6) is 0 Å². The average molecular weight is 951 g/mol. The number of phosphoric acid groups is 1. The molecule has 0 aliphatic rings. The molecule has 0 heterocycles. The second-order valence-corrected chi connectivity index (χ2v) is 22.1. The SMILES string of the molecule is CCCCC/C=C\C/C=C\CCCCCCCC(=O)NC(COP(=O)([O-])OCC[N+](C)(C)C)C(O)/C=C/CCCCCCCCCCCCCCCCCCCCCCCCCCCCC. The van der Waals surface area contributed by atoms with Crippen LogP contribution in [0.4, 0.5) is 0 Å². The van der Waals surface area contributed by atoms with Crippen molar-refractivity contribution in [3.05, 3.63) is 36.5 Å². The Labute approximate surface area is 410 Å². The first-order valence-electron chi connectivity index (χ1n) is 28.4. The third-order valence-electron chi connectivity index (χ3n) is 12.8. The lowest BCUT2D eigenvalue weighted by Crippen LogP contribution is -2.45. The van der Waals surface area contributed by atoms with Gasteiger partial charge in [0, 0.05) is 6.42 Å². The molecular formula is C57H111N2O6P. The number of rotatable bonds is 52. The van der Waals surface area contributed by atoms with Crippen LogP contribution in [0.1, 0.15) is 271 Å². The van der Waals surface area contributed by atoms with E-state index in [0.29, 0.717) is 17.4 Å². The summed E-state index contributed by atoms with van der Waals surface area (Å²) in [5, 5.41) is 13.9. The van der Waals surface area contributed by atoms with E-state index in [0.717, 1.165) is 64.2 Å². The van der Waals surface area contributed by atoms with Gasteiger partial charge in [-0.05, 0) is 51.4 Å². The highest BCUT2D eigenvalue weighted by Crippen LogP contribution is 2.38. The minimum absolute atomic E-state index is 0.00373. The first kappa shape index (κ1) is 64.7. The smallest absolute Gasteiger partial charge is 0.268 e. The summed E-state index contributed by atoms with van der Waals surface area (Å²) in [4.78, 5) is 25.4. The zero-order valence-electron chi connectivity index (χ0n) is 44.4. The van der Waals surface area contributed by atoms with Gasteiger partial charge in [0.1, 0.15) is 13.2 Å². The van der Waals surface area contributed by atoms with Gasteiger partial charge in [-0.15, -0.1) is 0 Å². The summed E-state index contributed by atoms with van der Waals surface area (Å²) in [5.74, 6) is -0.209. The molecule has 0 saturated carbocycles. The summed E-state index contributed by atoms with van der Waals surface area (Å²) in [5.41, 5.74) is 0. The second kappa shape index (κ2) is 48.7. The van der Waals surface area contributed by atoms with Crippen molar-refractivity contribution in [2.75, 3.05) is 40.9 Å². The van der Waals surface area contributed by atoms with Crippen LogP contribution in [-0.4, -0.2) is 68.5 Å². The van der Waals surface area contributed by atoms with E-state index in [1.807, 2.05) is 27.2 Å². The van der Waals surface area contributed by atoms with Gasteiger partial charge in [-0.3, -0.25) is 9.36 Å². The summed E-state index contributed by atoms with van der Waals surface area (Å²) >= 11 is 0. The summed E-state index contributed by atoms with van der Waals surface area (Å²) in [7, 11) is 1.26. The lowest BCUT2D eigenvalue weighted by Gasteiger charge is -2.29. The number of unbranched alkanes of at least 4 members (excludes halogenated alkanes) is 35. The highest BCUT2D eigenvalue weighted by molar-refractivity contribution is 7.45. The summed E-state index contributed by atoms with van der Waals surface area (Å²) in [6.07, 6.45) is 62.3. The average Bonchev–Trinajstić information content (AvgIpc) is 3.28. The number of phosphoric ester groups is 1. The van der Waals surface area contributed by atoms with Gasteiger partial charge in [0.05, 0.1) is 39.9 Å². The molecule has 3 unspecified atom stereocenters. The molecule has 390 valence electrons. The van der Waals surface area contributed by atoms with Crippen molar-refractivity contribution in [2.24, 2.45) is 0 Å². The number of aliphatic hydroxyl groups is 1. The fourth-order valence-electron chi connectivity index (χ4n) is 8.36. The molecule has 0 rings (SSSR count). The van der Waals surface area contributed by atoms with E-state index in [4.69, 9.17) is 9.05 Å². The van der Waals surface area contributed by atoms with Crippen molar-refractivity contribution >= 4 is 13.7 Å². The Kier molecular flexibility index (Phi) is 47.8. The number of allylic oxidation sites excluding steroid dienone is 5. The first-order valence-corrected chi connectivity index (χ1v) is 29.8. The Morgan fingerprint density at radius 3 is 1.29 bits per heavy atom. The topological polar surface area (TPSA) is 108 Å². The second-order valence-electron chi connectivity index (χ2n) is 20.6. The Hall–Kier alpha value is -1.28. The summed E-state index contributed by atoms with van der Waals surface area (Å²) in [6.45, 7) is 4.63. The van der Waals surface area contributed by atoms with Crippen LogP contribution >= 0.6 is 7.82 Å². The van der Waals surface area contributed by atoms with Gasteiger partial charge < -0.3 is 28.8 Å². The van der Waals surface area contributed by atoms with Crippen molar-refractivity contribution in [2.45, 2.75) is 283 Å². The van der Waals surface area contributed by atoms with Gasteiger partial charge in [-0.1, -0.05) is 249 Å². The Morgan fingerprint density at radius 1 is 0.530 bits per heavy atom. The fraction of sp³-hybridized carbons (Fsp3) is 0.877. The number of nitrogens with zero attached hydrogens (tertiary/aromatic N) is 1. The molecule has 66 heavy (non-hydrogen) atoms. The molecule has 0 aliphatic heterocycles. The van der Waals surface area contributed by atoms with Crippen LogP contribution in [0.25, 0.3) is 0 Å². The van der Waals surface area contributed by atoms with Crippen molar-refractivity contribution in [1.29, 1.82) is 0 Å². The number of likely N-dealkylation sites (N-methyl/N-ethyl adjacent to an activating group) is 1. The molecule has 0 radical (unpaired) electrons. The van der Waals surface area contributed by atoms with Crippen molar-refractivity contribution in [3.8, 4) is 0 Å². The third-order valence-corrected chi connectivity index (χ3v) is 13.8. The van der Waals surface area contributed by atoms with Crippen LogP contribution in [0.15, 0.2) is 36.5 Å². The molecule has 0 fully saturated rings. The molecule has 8 nitrogen and oxygen atoms in total. The van der Waals surface area contributed by atoms with E-state index in [1.165, 1.54) is 186 Å². The van der Waals surface area contributed by atoms with E-state index in [-0.39, 0.29) is 19.1 Å². The number of amides is 1. The van der Waals surface area contributed by atoms with Gasteiger partial charge in [0.2, 0.25) is 5.91 Å². The monoisotopic (exact) mass is 951 g/mol. The van der Waals surface area contributed by atoms with E-state index >= 15 is 0 Å². The number of carbonyl (C=O) groups is 1. The molecule has 0 aromatic heterocycles. The van der Waals surface area contributed by atoms with E-state index < -0.39 is 20.0 Å². The summed E-state index contributed by atoms with van der Waals surface area (Å²) < 4.78 is 23.3. The van der Waals surface area contributed by atoms with Crippen molar-refractivity contribution < 1.29 is 32.9 Å². The quantitative estimate of drug-likeness (QED) is 0.0272. The highest BCUT2D eigenvalue weighted by Gasteiger charge is 2.23. The lowest BCUT2D eigenvalue weighted by molar-refractivity contribution is -0.870. The van der Waals surface area contributed by atoms with Gasteiger partial charge in [0.15, 0.2) is 0 Å². The Morgan fingerprint density at radius 2 is 0.879 bits per heavy atom. The number of aliphatic hydroxyl groups excluding tert-OH is 1. The minimum Gasteiger partial charge on any atom is -0.756 e. The zero-order valence-corrected chi connectivity index (χ0v) is 45.3. The lowest BCUT2D eigenvalue weighted by atomic mass is 10.0. The molecule has 0 saturated heterocycles. The predicted molar refractivity (Wildman–Crippen MR) is 284 cm³/mol. The number of nitrogens with one attached hydrogen (secondary N) is 1. The van der Waals surface area contributed by atoms with E-state index in [2.05, 4.69) is 43.5 Å². The maximum Gasteiger partial charge on any atom is 0.268 e. The maximum absolute atomic E-state index is 12.9. The van der Waals surface area contributed by atoms with Crippen LogP contribution in [0.2, 0.25) is 0 Å². The van der Waals surface area contributed by atoms with Gasteiger partial charge in [-0.2, -0.15) is 0 Å². The van der Waals surface area contributed by atoms with Gasteiger partial charge in [0.25, 0.3) is 7.82 Å². The molecule has 0 aromatic rings. The molecule has 2 N–H and O–H groups in total. The highest BCUT2D eigenvalue weighted by atomic mass is 31.2. The molecule has 0 spiro atoms. The zero-order chi connectivity index (χ0) is 48.5. The van der Waals surface area contributed by atoms with Crippen LogP contribution < -0.4 is 10.2 Å². The number of hydrogen-bond donors (Lipinski definition) is 2. The van der Waals surface area contributed by atoms with Gasteiger partial charge in [-0.25, -0.2) is 0 Å². The number of carbonyl (C=O) groups excluding carboxylic acids is 1. The number of quaternary nitrogens is 1. The molecule has 1 amide bonds.